The molecule has 2 unspecified atom stereocenters. The molecule has 0 aliphatic carbocycles. The Morgan fingerprint density at radius 3 is 2.81 bits per heavy atom. The summed E-state index contributed by atoms with van der Waals surface area (Å²) in [5.74, 6) is 0.785. The van der Waals surface area contributed by atoms with Crippen LogP contribution in [0, 0.1) is 6.92 Å². The van der Waals surface area contributed by atoms with Gasteiger partial charge in [0, 0.05) is 6.54 Å². The van der Waals surface area contributed by atoms with Gasteiger partial charge in [0.2, 0.25) is 5.91 Å². The molecule has 138 valence electrons. The van der Waals surface area contributed by atoms with Crippen molar-refractivity contribution >= 4 is 5.91 Å². The number of hydrogen-bond donors (Lipinski definition) is 2. The monoisotopic (exact) mass is 354 g/mol. The van der Waals surface area contributed by atoms with Crippen LogP contribution in [-0.4, -0.2) is 31.7 Å². The molecule has 0 radical (unpaired) electrons. The average Bonchev–Trinajstić information content (AvgIpc) is 2.67. The largest absolute Gasteiger partial charge is 0.489 e. The molecular formula is C21H26N2O3. The van der Waals surface area contributed by atoms with Gasteiger partial charge in [-0.15, -0.1) is 0 Å². The predicted molar refractivity (Wildman–Crippen MR) is 101 cm³/mol. The van der Waals surface area contributed by atoms with Crippen LogP contribution in [0.2, 0.25) is 0 Å². The van der Waals surface area contributed by atoms with E-state index in [4.69, 9.17) is 9.47 Å². The van der Waals surface area contributed by atoms with Crippen molar-refractivity contribution < 1.29 is 14.3 Å². The first-order valence-electron chi connectivity index (χ1n) is 9.01. The molecule has 0 spiro atoms. The normalized spacial score (nSPS) is 18.2. The molecule has 26 heavy (non-hydrogen) atoms. The van der Waals surface area contributed by atoms with Gasteiger partial charge >= 0.3 is 0 Å². The third-order valence-electron chi connectivity index (χ3n) is 4.46. The van der Waals surface area contributed by atoms with Gasteiger partial charge in [-0.1, -0.05) is 42.0 Å². The molecule has 1 saturated heterocycles. The van der Waals surface area contributed by atoms with Gasteiger partial charge in [-0.3, -0.25) is 4.79 Å². The lowest BCUT2D eigenvalue weighted by molar-refractivity contribution is -0.126. The Hall–Kier alpha value is -2.37. The van der Waals surface area contributed by atoms with Crippen molar-refractivity contribution in [1.29, 1.82) is 0 Å². The summed E-state index contributed by atoms with van der Waals surface area (Å²) in [5, 5.41) is 6.19. The van der Waals surface area contributed by atoms with Crippen molar-refractivity contribution in [2.75, 3.05) is 19.8 Å². The molecule has 1 fully saturated rings. The lowest BCUT2D eigenvalue weighted by Crippen LogP contribution is -2.51. The van der Waals surface area contributed by atoms with Crippen LogP contribution in [0.5, 0.6) is 5.75 Å². The summed E-state index contributed by atoms with van der Waals surface area (Å²) in [6, 6.07) is 15.8. The number of ether oxygens (including phenoxy) is 2. The summed E-state index contributed by atoms with van der Waals surface area (Å²) in [7, 11) is 0. The van der Waals surface area contributed by atoms with E-state index in [-0.39, 0.29) is 18.0 Å². The van der Waals surface area contributed by atoms with Crippen LogP contribution in [0.4, 0.5) is 0 Å². The van der Waals surface area contributed by atoms with E-state index in [0.717, 1.165) is 16.9 Å². The Morgan fingerprint density at radius 1 is 1.31 bits per heavy atom. The minimum Gasteiger partial charge on any atom is -0.489 e. The highest BCUT2D eigenvalue weighted by Gasteiger charge is 2.22. The number of carbonyl (C=O) groups is 1. The molecule has 0 saturated carbocycles. The topological polar surface area (TPSA) is 59.6 Å². The minimum absolute atomic E-state index is 0.0306. The van der Waals surface area contributed by atoms with Gasteiger partial charge in [0.25, 0.3) is 0 Å². The summed E-state index contributed by atoms with van der Waals surface area (Å²) in [6.45, 7) is 6.38. The van der Waals surface area contributed by atoms with Crippen molar-refractivity contribution in [2.45, 2.75) is 32.5 Å². The second-order valence-corrected chi connectivity index (χ2v) is 6.66. The maximum absolute atomic E-state index is 12.3. The highest BCUT2D eigenvalue weighted by molar-refractivity contribution is 5.82. The zero-order valence-electron chi connectivity index (χ0n) is 15.3. The predicted octanol–water partition coefficient (Wildman–Crippen LogP) is 2.74. The summed E-state index contributed by atoms with van der Waals surface area (Å²) in [6.07, 6.45) is 0. The van der Waals surface area contributed by atoms with Crippen LogP contribution in [0.25, 0.3) is 0 Å². The molecule has 5 heteroatoms. The van der Waals surface area contributed by atoms with Crippen LogP contribution in [0.3, 0.4) is 0 Å². The van der Waals surface area contributed by atoms with Crippen molar-refractivity contribution in [3.63, 3.8) is 0 Å². The van der Waals surface area contributed by atoms with Crippen molar-refractivity contribution in [1.82, 2.24) is 10.6 Å². The van der Waals surface area contributed by atoms with Gasteiger partial charge in [0.05, 0.1) is 19.3 Å². The molecule has 5 nitrogen and oxygen atoms in total. The van der Waals surface area contributed by atoms with Crippen molar-refractivity contribution in [3.8, 4) is 5.75 Å². The van der Waals surface area contributed by atoms with Gasteiger partial charge in [-0.2, -0.15) is 0 Å². The summed E-state index contributed by atoms with van der Waals surface area (Å²) in [4.78, 5) is 12.3. The van der Waals surface area contributed by atoms with Crippen LogP contribution in [0.1, 0.15) is 29.7 Å². The smallest absolute Gasteiger partial charge is 0.240 e. The fourth-order valence-electron chi connectivity index (χ4n) is 2.95. The first kappa shape index (κ1) is 18.4. The number of nitrogens with one attached hydrogen (secondary N) is 2. The Labute approximate surface area is 154 Å². The first-order chi connectivity index (χ1) is 12.6. The van der Waals surface area contributed by atoms with E-state index in [1.54, 1.807) is 0 Å². The third-order valence-corrected chi connectivity index (χ3v) is 4.46. The standard InChI is InChI=1S/C21H26N2O3/c1-15-4-3-5-17(12-15)13-26-19-8-6-18(7-9-19)16(2)23-21(24)20-14-25-11-10-22-20/h3-9,12,16,20,22H,10-11,13-14H2,1-2H3,(H,23,24). The lowest BCUT2D eigenvalue weighted by atomic mass is 10.1. The SMILES string of the molecule is Cc1cccc(COc2ccc(C(C)NC(=O)C3COCCN3)cc2)c1. The van der Waals surface area contributed by atoms with Crippen LogP contribution < -0.4 is 15.4 Å². The minimum atomic E-state index is -0.275. The van der Waals surface area contributed by atoms with E-state index >= 15 is 0 Å². The van der Waals surface area contributed by atoms with Crippen molar-refractivity contribution in [2.24, 2.45) is 0 Å². The zero-order valence-corrected chi connectivity index (χ0v) is 15.3. The van der Waals surface area contributed by atoms with Gasteiger partial charge < -0.3 is 20.1 Å². The Balaban J connectivity index is 1.52. The molecule has 1 aliphatic heterocycles. The number of carbonyl (C=O) groups excluding carboxylic acids is 1. The molecule has 1 heterocycles. The van der Waals surface area contributed by atoms with E-state index in [2.05, 4.69) is 35.8 Å². The quantitative estimate of drug-likeness (QED) is 0.837. The summed E-state index contributed by atoms with van der Waals surface area (Å²) in [5.41, 5.74) is 3.42. The van der Waals surface area contributed by atoms with E-state index in [0.29, 0.717) is 26.4 Å². The first-order valence-corrected chi connectivity index (χ1v) is 9.01. The molecule has 2 aromatic carbocycles. The van der Waals surface area contributed by atoms with Crippen LogP contribution >= 0.6 is 0 Å². The molecule has 2 N–H and O–H groups in total. The average molecular weight is 354 g/mol. The Kier molecular flexibility index (Phi) is 6.26. The molecule has 1 aliphatic rings. The number of amides is 1. The van der Waals surface area contributed by atoms with E-state index in [1.807, 2.05) is 37.3 Å². The molecule has 0 bridgehead atoms. The lowest BCUT2D eigenvalue weighted by Gasteiger charge is -2.25. The number of morpholine rings is 1. The van der Waals surface area contributed by atoms with E-state index < -0.39 is 0 Å². The van der Waals surface area contributed by atoms with Crippen molar-refractivity contribution in [3.05, 3.63) is 65.2 Å². The van der Waals surface area contributed by atoms with E-state index in [9.17, 15) is 4.79 Å². The van der Waals surface area contributed by atoms with Gasteiger partial charge in [0.15, 0.2) is 0 Å². The fourth-order valence-corrected chi connectivity index (χ4v) is 2.95. The summed E-state index contributed by atoms with van der Waals surface area (Å²) < 4.78 is 11.2. The second kappa shape index (κ2) is 8.83. The molecule has 3 rings (SSSR count). The van der Waals surface area contributed by atoms with Gasteiger partial charge in [-0.25, -0.2) is 0 Å². The molecule has 1 amide bonds. The number of rotatable bonds is 6. The maximum atomic E-state index is 12.3. The summed E-state index contributed by atoms with van der Waals surface area (Å²) >= 11 is 0. The number of hydrogen-bond acceptors (Lipinski definition) is 4. The Morgan fingerprint density at radius 2 is 2.12 bits per heavy atom. The van der Waals surface area contributed by atoms with E-state index in [1.165, 1.54) is 5.56 Å². The highest BCUT2D eigenvalue weighted by atomic mass is 16.5. The maximum Gasteiger partial charge on any atom is 0.240 e. The zero-order chi connectivity index (χ0) is 18.4. The Bertz CT molecular complexity index is 724. The number of aryl methyl sites for hydroxylation is 1. The third kappa shape index (κ3) is 5.07. The highest BCUT2D eigenvalue weighted by Crippen LogP contribution is 2.19. The molecule has 2 atom stereocenters. The van der Waals surface area contributed by atoms with Gasteiger partial charge in [0.1, 0.15) is 18.4 Å². The van der Waals surface area contributed by atoms with Crippen LogP contribution in [0.15, 0.2) is 48.5 Å². The fraction of sp³-hybridized carbons (Fsp3) is 0.381. The second-order valence-electron chi connectivity index (χ2n) is 6.66. The van der Waals surface area contributed by atoms with Crippen LogP contribution in [-0.2, 0) is 16.1 Å². The van der Waals surface area contributed by atoms with Gasteiger partial charge in [-0.05, 0) is 37.1 Å². The molecular weight excluding hydrogens is 328 g/mol. The number of benzene rings is 2. The molecule has 2 aromatic rings. The molecule has 0 aromatic heterocycles.